The number of likely N-dealkylation sites (tertiary alicyclic amines) is 1. The standard InChI is InChI=1S/C22H24N2O6/c1-27-17-5-3-14(9-19(17)28-2)7-8-24-21(25)11-16(22(24)26)23-12-15-4-6-18-20(10-15)30-13-29-18/h3-6,9-10,16,23H,7-8,11-13H2,1-2H3/p+1. The first-order chi connectivity index (χ1) is 14.6. The van der Waals surface area contributed by atoms with Crippen molar-refractivity contribution in [2.45, 2.75) is 25.4 Å². The van der Waals surface area contributed by atoms with Crippen LogP contribution in [0.25, 0.3) is 0 Å². The highest BCUT2D eigenvalue weighted by molar-refractivity contribution is 6.04. The second-order valence-electron chi connectivity index (χ2n) is 7.26. The number of carbonyl (C=O) groups excluding carboxylic acids is 2. The predicted octanol–water partition coefficient (Wildman–Crippen LogP) is 0.866. The van der Waals surface area contributed by atoms with Gasteiger partial charge in [0, 0.05) is 12.1 Å². The Labute approximate surface area is 174 Å². The first-order valence-corrected chi connectivity index (χ1v) is 9.86. The molecule has 2 aliphatic rings. The zero-order valence-corrected chi connectivity index (χ0v) is 17.1. The van der Waals surface area contributed by atoms with E-state index in [0.717, 1.165) is 16.9 Å². The van der Waals surface area contributed by atoms with Gasteiger partial charge < -0.3 is 24.3 Å². The molecule has 2 aromatic rings. The molecule has 0 radical (unpaired) electrons. The number of carbonyl (C=O) groups is 2. The van der Waals surface area contributed by atoms with Crippen LogP contribution in [0.2, 0.25) is 0 Å². The summed E-state index contributed by atoms with van der Waals surface area (Å²) in [6.07, 6.45) is 0.780. The van der Waals surface area contributed by atoms with Gasteiger partial charge in [0.15, 0.2) is 29.0 Å². The van der Waals surface area contributed by atoms with Crippen LogP contribution < -0.4 is 24.3 Å². The summed E-state index contributed by atoms with van der Waals surface area (Å²) in [4.78, 5) is 26.5. The highest BCUT2D eigenvalue weighted by Crippen LogP contribution is 2.32. The summed E-state index contributed by atoms with van der Waals surface area (Å²) >= 11 is 0. The molecular formula is C22H25N2O6+. The van der Waals surface area contributed by atoms with Crippen molar-refractivity contribution in [3.63, 3.8) is 0 Å². The maximum absolute atomic E-state index is 12.8. The number of nitrogens with zero attached hydrogens (tertiary/aromatic N) is 1. The molecular weight excluding hydrogens is 388 g/mol. The van der Waals surface area contributed by atoms with Gasteiger partial charge in [0.1, 0.15) is 6.54 Å². The van der Waals surface area contributed by atoms with Crippen LogP contribution in [-0.4, -0.2) is 50.3 Å². The molecule has 2 aliphatic heterocycles. The molecule has 1 fully saturated rings. The van der Waals surface area contributed by atoms with E-state index in [1.54, 1.807) is 14.2 Å². The van der Waals surface area contributed by atoms with Gasteiger partial charge in [-0.2, -0.15) is 0 Å². The number of hydrogen-bond acceptors (Lipinski definition) is 6. The Kier molecular flexibility index (Phi) is 5.76. The van der Waals surface area contributed by atoms with Crippen molar-refractivity contribution in [3.8, 4) is 23.0 Å². The molecule has 2 N–H and O–H groups in total. The van der Waals surface area contributed by atoms with Crippen LogP contribution in [0.1, 0.15) is 17.5 Å². The van der Waals surface area contributed by atoms with Crippen molar-refractivity contribution in [3.05, 3.63) is 47.5 Å². The van der Waals surface area contributed by atoms with Gasteiger partial charge in [-0.3, -0.25) is 14.5 Å². The van der Waals surface area contributed by atoms with Crippen LogP contribution >= 0.6 is 0 Å². The molecule has 1 saturated heterocycles. The van der Waals surface area contributed by atoms with Gasteiger partial charge in [0.2, 0.25) is 12.7 Å². The lowest BCUT2D eigenvalue weighted by Crippen LogP contribution is -2.90. The third-order valence-electron chi connectivity index (χ3n) is 5.43. The Balaban J connectivity index is 1.33. The lowest BCUT2D eigenvalue weighted by Gasteiger charge is -2.15. The topological polar surface area (TPSA) is 90.9 Å². The van der Waals surface area contributed by atoms with Gasteiger partial charge in [-0.1, -0.05) is 6.07 Å². The molecule has 8 heteroatoms. The number of fused-ring (bicyclic) bond motifs is 1. The Bertz CT molecular complexity index is 961. The summed E-state index contributed by atoms with van der Waals surface area (Å²) in [6, 6.07) is 10.9. The SMILES string of the molecule is COc1ccc(CCN2C(=O)CC([NH2+]Cc3ccc4c(c3)OCO4)C2=O)cc1OC. The zero-order chi connectivity index (χ0) is 21.1. The third kappa shape index (κ3) is 4.04. The first-order valence-electron chi connectivity index (χ1n) is 9.86. The van der Waals surface area contributed by atoms with E-state index in [0.29, 0.717) is 36.8 Å². The minimum atomic E-state index is -0.395. The number of ether oxygens (including phenoxy) is 4. The fraction of sp³-hybridized carbons (Fsp3) is 0.364. The highest BCUT2D eigenvalue weighted by Gasteiger charge is 2.40. The number of amides is 2. The summed E-state index contributed by atoms with van der Waals surface area (Å²) in [5.74, 6) is 2.45. The second kappa shape index (κ2) is 8.62. The van der Waals surface area contributed by atoms with Crippen molar-refractivity contribution in [1.29, 1.82) is 0 Å². The average molecular weight is 413 g/mol. The van der Waals surface area contributed by atoms with Crippen molar-refractivity contribution < 1.29 is 33.9 Å². The van der Waals surface area contributed by atoms with E-state index < -0.39 is 6.04 Å². The fourth-order valence-electron chi connectivity index (χ4n) is 3.75. The third-order valence-corrected chi connectivity index (χ3v) is 5.43. The lowest BCUT2D eigenvalue weighted by molar-refractivity contribution is -0.690. The van der Waals surface area contributed by atoms with Crippen LogP contribution in [0.4, 0.5) is 0 Å². The van der Waals surface area contributed by atoms with Crippen LogP contribution in [0.3, 0.4) is 0 Å². The van der Waals surface area contributed by atoms with Crippen molar-refractivity contribution in [2.75, 3.05) is 27.6 Å². The molecule has 1 atom stereocenters. The molecule has 0 saturated carbocycles. The minimum Gasteiger partial charge on any atom is -0.493 e. The van der Waals surface area contributed by atoms with Gasteiger partial charge in [0.05, 0.1) is 20.6 Å². The second-order valence-corrected chi connectivity index (χ2v) is 7.26. The Morgan fingerprint density at radius 2 is 1.77 bits per heavy atom. The highest BCUT2D eigenvalue weighted by atomic mass is 16.7. The largest absolute Gasteiger partial charge is 0.493 e. The zero-order valence-electron chi connectivity index (χ0n) is 17.1. The number of imide groups is 1. The van der Waals surface area contributed by atoms with Gasteiger partial charge in [-0.25, -0.2) is 0 Å². The van der Waals surface area contributed by atoms with Crippen LogP contribution in [-0.2, 0) is 22.6 Å². The van der Waals surface area contributed by atoms with E-state index in [9.17, 15) is 9.59 Å². The number of benzene rings is 2. The summed E-state index contributed by atoms with van der Waals surface area (Å²) in [6.45, 7) is 1.17. The van der Waals surface area contributed by atoms with Gasteiger partial charge >= 0.3 is 0 Å². The molecule has 8 nitrogen and oxygen atoms in total. The lowest BCUT2D eigenvalue weighted by atomic mass is 10.1. The number of hydrogen-bond donors (Lipinski definition) is 1. The average Bonchev–Trinajstić information content (AvgIpc) is 3.34. The Morgan fingerprint density at radius 1 is 1.00 bits per heavy atom. The summed E-state index contributed by atoms with van der Waals surface area (Å²) in [5.41, 5.74) is 1.99. The minimum absolute atomic E-state index is 0.132. The number of nitrogens with two attached hydrogens (primary N) is 1. The molecule has 0 spiro atoms. The monoisotopic (exact) mass is 413 g/mol. The molecule has 2 heterocycles. The molecule has 30 heavy (non-hydrogen) atoms. The van der Waals surface area contributed by atoms with E-state index in [1.807, 2.05) is 41.7 Å². The van der Waals surface area contributed by atoms with Crippen LogP contribution in [0.15, 0.2) is 36.4 Å². The van der Waals surface area contributed by atoms with Crippen LogP contribution in [0, 0.1) is 0 Å². The normalized spacial score (nSPS) is 17.5. The number of quaternary nitrogens is 1. The first kappa shape index (κ1) is 20.0. The van der Waals surface area contributed by atoms with Gasteiger partial charge in [-0.15, -0.1) is 0 Å². The summed E-state index contributed by atoms with van der Waals surface area (Å²) in [5, 5.41) is 1.91. The smallest absolute Gasteiger partial charge is 0.287 e. The van der Waals surface area contributed by atoms with E-state index in [1.165, 1.54) is 4.90 Å². The molecule has 2 amide bonds. The summed E-state index contributed by atoms with van der Waals surface area (Å²) in [7, 11) is 3.16. The molecule has 2 aromatic carbocycles. The molecule has 4 rings (SSSR count). The molecule has 1 unspecified atom stereocenters. The summed E-state index contributed by atoms with van der Waals surface area (Å²) < 4.78 is 21.3. The number of rotatable bonds is 8. The number of methoxy groups -OCH3 is 2. The van der Waals surface area contributed by atoms with Crippen molar-refractivity contribution >= 4 is 11.8 Å². The molecule has 0 aromatic heterocycles. The van der Waals surface area contributed by atoms with E-state index >= 15 is 0 Å². The van der Waals surface area contributed by atoms with Gasteiger partial charge in [-0.05, 0) is 42.3 Å². The van der Waals surface area contributed by atoms with E-state index in [4.69, 9.17) is 18.9 Å². The van der Waals surface area contributed by atoms with Crippen molar-refractivity contribution in [1.82, 2.24) is 4.90 Å². The Morgan fingerprint density at radius 3 is 2.57 bits per heavy atom. The molecule has 0 aliphatic carbocycles. The predicted molar refractivity (Wildman–Crippen MR) is 107 cm³/mol. The van der Waals surface area contributed by atoms with Crippen molar-refractivity contribution in [2.24, 2.45) is 0 Å². The fourth-order valence-corrected chi connectivity index (χ4v) is 3.75. The Hall–Kier alpha value is -3.26. The molecule has 158 valence electrons. The quantitative estimate of drug-likeness (QED) is 0.646. The van der Waals surface area contributed by atoms with Crippen LogP contribution in [0.5, 0.6) is 23.0 Å². The molecule has 0 bridgehead atoms. The van der Waals surface area contributed by atoms with Gasteiger partial charge in [0.25, 0.3) is 5.91 Å². The van der Waals surface area contributed by atoms with E-state index in [2.05, 4.69) is 0 Å². The maximum Gasteiger partial charge on any atom is 0.287 e. The maximum atomic E-state index is 12.8. The van der Waals surface area contributed by atoms with E-state index in [-0.39, 0.29) is 25.0 Å².